The molecule has 24 heavy (non-hydrogen) atoms. The van der Waals surface area contributed by atoms with Gasteiger partial charge in [-0.2, -0.15) is 0 Å². The van der Waals surface area contributed by atoms with Gasteiger partial charge in [0.25, 0.3) is 0 Å². The molecule has 0 saturated heterocycles. The molecule has 2 aromatic carbocycles. The van der Waals surface area contributed by atoms with Crippen LogP contribution < -0.4 is 10.5 Å². The van der Waals surface area contributed by atoms with Crippen molar-refractivity contribution >= 4 is 22.6 Å². The largest absolute Gasteiger partial charge is 0.465 e. The topological polar surface area (TPSA) is 74.4 Å². The van der Waals surface area contributed by atoms with Crippen molar-refractivity contribution in [2.75, 3.05) is 12.8 Å². The van der Waals surface area contributed by atoms with Gasteiger partial charge >= 0.3 is 5.97 Å². The van der Waals surface area contributed by atoms with E-state index in [0.29, 0.717) is 33.5 Å². The summed E-state index contributed by atoms with van der Waals surface area (Å²) in [5.41, 5.74) is 7.55. The highest BCUT2D eigenvalue weighted by molar-refractivity contribution is 5.97. The van der Waals surface area contributed by atoms with Gasteiger partial charge in [-0.25, -0.2) is 9.18 Å². The molecule has 3 aromatic rings. The lowest BCUT2D eigenvalue weighted by Crippen LogP contribution is -2.04. The minimum Gasteiger partial charge on any atom is -0.465 e. The lowest BCUT2D eigenvalue weighted by molar-refractivity contribution is 0.0600. The highest BCUT2D eigenvalue weighted by Gasteiger charge is 2.14. The van der Waals surface area contributed by atoms with E-state index in [2.05, 4.69) is 4.98 Å². The van der Waals surface area contributed by atoms with Crippen molar-refractivity contribution in [3.63, 3.8) is 0 Å². The Bertz CT molecular complexity index is 941. The van der Waals surface area contributed by atoms with Gasteiger partial charge in [0, 0.05) is 23.3 Å². The molecule has 0 aliphatic carbocycles. The number of methoxy groups -OCH3 is 1. The third-order valence-corrected chi connectivity index (χ3v) is 3.63. The molecule has 0 fully saturated rings. The Kier molecular flexibility index (Phi) is 4.04. The van der Waals surface area contributed by atoms with Crippen LogP contribution in [0.4, 0.5) is 10.1 Å². The number of aromatic nitrogens is 1. The number of anilines is 1. The summed E-state index contributed by atoms with van der Waals surface area (Å²) in [6.45, 7) is 1.78. The fraction of sp³-hybridized carbons (Fsp3) is 0.111. The number of rotatable bonds is 3. The number of aryl methyl sites for hydroxylation is 1. The second kappa shape index (κ2) is 6.16. The Morgan fingerprint density at radius 1 is 1.17 bits per heavy atom. The van der Waals surface area contributed by atoms with Gasteiger partial charge in [-0.15, -0.1) is 0 Å². The second-order valence-electron chi connectivity index (χ2n) is 5.28. The summed E-state index contributed by atoms with van der Waals surface area (Å²) in [7, 11) is 1.32. The first kappa shape index (κ1) is 15.7. The normalized spacial score (nSPS) is 10.6. The Balaban J connectivity index is 2.09. The first-order valence-electron chi connectivity index (χ1n) is 7.20. The van der Waals surface area contributed by atoms with Crippen molar-refractivity contribution in [3.8, 4) is 11.5 Å². The SMILES string of the molecule is COC(=O)c1cc2nccc(Oc3ccc(N)cc3F)c2cc1C. The van der Waals surface area contributed by atoms with Gasteiger partial charge in [-0.1, -0.05) is 0 Å². The zero-order chi connectivity index (χ0) is 17.3. The highest BCUT2D eigenvalue weighted by Crippen LogP contribution is 2.32. The second-order valence-corrected chi connectivity index (χ2v) is 5.28. The molecule has 122 valence electrons. The lowest BCUT2D eigenvalue weighted by atomic mass is 10.0. The number of esters is 1. The molecular formula is C18H15FN2O3. The monoisotopic (exact) mass is 326 g/mol. The Hall–Kier alpha value is -3.15. The number of benzene rings is 2. The van der Waals surface area contributed by atoms with Gasteiger partial charge in [-0.3, -0.25) is 4.98 Å². The zero-order valence-corrected chi connectivity index (χ0v) is 13.2. The molecule has 1 aromatic heterocycles. The average Bonchev–Trinajstić information content (AvgIpc) is 2.56. The van der Waals surface area contributed by atoms with Crippen LogP contribution in [-0.2, 0) is 4.74 Å². The quantitative estimate of drug-likeness (QED) is 0.584. The fourth-order valence-electron chi connectivity index (χ4n) is 2.41. The maximum atomic E-state index is 13.9. The number of fused-ring (bicyclic) bond motifs is 1. The number of nitrogen functional groups attached to an aromatic ring is 1. The van der Waals surface area contributed by atoms with Gasteiger partial charge in [0.2, 0.25) is 0 Å². The van der Waals surface area contributed by atoms with Crippen LogP contribution in [0.25, 0.3) is 10.9 Å². The van der Waals surface area contributed by atoms with Crippen molar-refractivity contribution in [1.82, 2.24) is 4.98 Å². The summed E-state index contributed by atoms with van der Waals surface area (Å²) in [5.74, 6) is -0.496. The lowest BCUT2D eigenvalue weighted by Gasteiger charge is -2.11. The molecule has 0 radical (unpaired) electrons. The maximum absolute atomic E-state index is 13.9. The molecule has 1 heterocycles. The molecule has 0 bridgehead atoms. The summed E-state index contributed by atoms with van der Waals surface area (Å²) < 4.78 is 24.4. The Morgan fingerprint density at radius 3 is 2.67 bits per heavy atom. The van der Waals surface area contributed by atoms with E-state index in [4.69, 9.17) is 15.2 Å². The smallest absolute Gasteiger partial charge is 0.338 e. The number of carbonyl (C=O) groups excluding carboxylic acids is 1. The van der Waals surface area contributed by atoms with Crippen LogP contribution in [0.1, 0.15) is 15.9 Å². The van der Waals surface area contributed by atoms with E-state index in [1.54, 1.807) is 31.2 Å². The average molecular weight is 326 g/mol. The number of nitrogens with two attached hydrogens (primary N) is 1. The van der Waals surface area contributed by atoms with Crippen LogP contribution in [0, 0.1) is 12.7 Å². The molecule has 0 unspecified atom stereocenters. The Morgan fingerprint density at radius 2 is 1.96 bits per heavy atom. The molecule has 0 amide bonds. The number of ether oxygens (including phenoxy) is 2. The van der Waals surface area contributed by atoms with Crippen LogP contribution in [0.15, 0.2) is 42.6 Å². The highest BCUT2D eigenvalue weighted by atomic mass is 19.1. The third kappa shape index (κ3) is 2.86. The first-order chi connectivity index (χ1) is 11.5. The van der Waals surface area contributed by atoms with Crippen LogP contribution in [0.5, 0.6) is 11.5 Å². The van der Waals surface area contributed by atoms with Crippen molar-refractivity contribution < 1.29 is 18.7 Å². The summed E-state index contributed by atoms with van der Waals surface area (Å²) in [6, 6.07) is 9.24. The predicted octanol–water partition coefficient (Wildman–Crippen LogP) is 3.84. The zero-order valence-electron chi connectivity index (χ0n) is 13.2. The van der Waals surface area contributed by atoms with Crippen molar-refractivity contribution in [3.05, 3.63) is 59.5 Å². The van der Waals surface area contributed by atoms with E-state index in [1.165, 1.54) is 25.4 Å². The summed E-state index contributed by atoms with van der Waals surface area (Å²) >= 11 is 0. The number of nitrogens with zero attached hydrogens (tertiary/aromatic N) is 1. The molecule has 0 saturated carbocycles. The number of carbonyl (C=O) groups is 1. The van der Waals surface area contributed by atoms with Crippen LogP contribution in [0.3, 0.4) is 0 Å². The molecule has 0 atom stereocenters. The van der Waals surface area contributed by atoms with E-state index in [-0.39, 0.29) is 5.75 Å². The van der Waals surface area contributed by atoms with Crippen molar-refractivity contribution in [1.29, 1.82) is 0 Å². The van der Waals surface area contributed by atoms with Gasteiger partial charge in [0.1, 0.15) is 5.75 Å². The van der Waals surface area contributed by atoms with E-state index < -0.39 is 11.8 Å². The molecule has 6 heteroatoms. The van der Waals surface area contributed by atoms with Gasteiger partial charge in [0.05, 0.1) is 18.2 Å². The first-order valence-corrected chi connectivity index (χ1v) is 7.20. The minimum atomic E-state index is -0.553. The minimum absolute atomic E-state index is 0.0615. The molecule has 2 N–H and O–H groups in total. The number of hydrogen-bond acceptors (Lipinski definition) is 5. The van der Waals surface area contributed by atoms with E-state index in [9.17, 15) is 9.18 Å². The summed E-state index contributed by atoms with van der Waals surface area (Å²) in [4.78, 5) is 16.0. The molecule has 3 rings (SSSR count). The molecule has 0 spiro atoms. The summed E-state index contributed by atoms with van der Waals surface area (Å²) in [5, 5.41) is 0.666. The number of hydrogen-bond donors (Lipinski definition) is 1. The fourth-order valence-corrected chi connectivity index (χ4v) is 2.41. The molecular weight excluding hydrogens is 311 g/mol. The predicted molar refractivity (Wildman–Crippen MR) is 88.7 cm³/mol. The molecule has 0 aliphatic rings. The van der Waals surface area contributed by atoms with Gasteiger partial charge in [0.15, 0.2) is 11.6 Å². The molecule has 0 aliphatic heterocycles. The van der Waals surface area contributed by atoms with Crippen LogP contribution >= 0.6 is 0 Å². The number of halogens is 1. The van der Waals surface area contributed by atoms with E-state index >= 15 is 0 Å². The van der Waals surface area contributed by atoms with Crippen LogP contribution in [-0.4, -0.2) is 18.1 Å². The number of pyridine rings is 1. The van der Waals surface area contributed by atoms with Crippen molar-refractivity contribution in [2.24, 2.45) is 0 Å². The van der Waals surface area contributed by atoms with E-state index in [1.807, 2.05) is 0 Å². The van der Waals surface area contributed by atoms with E-state index in [0.717, 1.165) is 0 Å². The Labute approximate surface area is 137 Å². The third-order valence-electron chi connectivity index (χ3n) is 3.63. The van der Waals surface area contributed by atoms with Crippen LogP contribution in [0.2, 0.25) is 0 Å². The van der Waals surface area contributed by atoms with Gasteiger partial charge in [-0.05, 0) is 42.8 Å². The summed E-state index contributed by atoms with van der Waals surface area (Å²) in [6.07, 6.45) is 1.53. The standard InChI is InChI=1S/C18H15FN2O3/c1-10-7-13-15(9-12(10)18(22)23-2)21-6-5-16(13)24-17-4-3-11(20)8-14(17)19/h3-9H,20H2,1-2H3. The molecule has 5 nitrogen and oxygen atoms in total. The van der Waals surface area contributed by atoms with Gasteiger partial charge < -0.3 is 15.2 Å². The van der Waals surface area contributed by atoms with Crippen molar-refractivity contribution in [2.45, 2.75) is 6.92 Å². The maximum Gasteiger partial charge on any atom is 0.338 e.